The van der Waals surface area contributed by atoms with Gasteiger partial charge in [0.2, 0.25) is 5.91 Å². The molecule has 0 radical (unpaired) electrons. The third-order valence-electron chi connectivity index (χ3n) is 2.42. The van der Waals surface area contributed by atoms with Gasteiger partial charge in [0, 0.05) is 19.4 Å². The quantitative estimate of drug-likeness (QED) is 0.522. The molecule has 0 saturated carbocycles. The first-order valence-corrected chi connectivity index (χ1v) is 5.17. The molecule has 4 heteroatoms. The Bertz CT molecular complexity index is 269. The average molecular weight is 211 g/mol. The maximum atomic E-state index is 11.7. The molecular formula is C11H17NO3. The van der Waals surface area contributed by atoms with Crippen LogP contribution in [0.5, 0.6) is 0 Å². The fourth-order valence-corrected chi connectivity index (χ4v) is 1.64. The zero-order chi connectivity index (χ0) is 11.3. The topological polar surface area (TPSA) is 46.6 Å². The fourth-order valence-electron chi connectivity index (χ4n) is 1.64. The number of rotatable bonds is 4. The molecule has 1 amide bonds. The molecular weight excluding hydrogens is 194 g/mol. The van der Waals surface area contributed by atoms with Crippen LogP contribution in [0.3, 0.4) is 0 Å². The summed E-state index contributed by atoms with van der Waals surface area (Å²) in [6.07, 6.45) is 3.58. The van der Waals surface area contributed by atoms with E-state index in [4.69, 9.17) is 4.74 Å². The van der Waals surface area contributed by atoms with Crippen molar-refractivity contribution in [1.82, 2.24) is 4.90 Å². The third kappa shape index (κ3) is 3.38. The maximum absolute atomic E-state index is 11.7. The van der Waals surface area contributed by atoms with E-state index in [0.29, 0.717) is 19.4 Å². The molecule has 0 aromatic carbocycles. The first kappa shape index (κ1) is 11.8. The third-order valence-corrected chi connectivity index (χ3v) is 2.42. The lowest BCUT2D eigenvalue weighted by molar-refractivity contribution is -0.149. The summed E-state index contributed by atoms with van der Waals surface area (Å²) in [5.41, 5.74) is 1.12. The summed E-state index contributed by atoms with van der Waals surface area (Å²) in [5.74, 6) is 0.0283. The summed E-state index contributed by atoms with van der Waals surface area (Å²) < 4.78 is 4.85. The van der Waals surface area contributed by atoms with Gasteiger partial charge in [0.1, 0.15) is 0 Å². The Morgan fingerprint density at radius 1 is 1.53 bits per heavy atom. The molecule has 1 aliphatic rings. The standard InChI is InChI=1S/C11H17NO3/c1-9(2)5-6-10(14)12-7-3-4-11(12)15-8-13/h5,8,11H,3-4,6-7H2,1-2H3. The molecule has 0 aliphatic carbocycles. The van der Waals surface area contributed by atoms with Crippen molar-refractivity contribution in [1.29, 1.82) is 0 Å². The zero-order valence-electron chi connectivity index (χ0n) is 9.23. The highest BCUT2D eigenvalue weighted by molar-refractivity contribution is 5.78. The van der Waals surface area contributed by atoms with Crippen molar-refractivity contribution < 1.29 is 14.3 Å². The Balaban J connectivity index is 2.50. The van der Waals surface area contributed by atoms with Crippen LogP contribution in [0.2, 0.25) is 0 Å². The van der Waals surface area contributed by atoms with Crippen molar-refractivity contribution in [3.63, 3.8) is 0 Å². The van der Waals surface area contributed by atoms with Crippen molar-refractivity contribution in [2.75, 3.05) is 6.54 Å². The summed E-state index contributed by atoms with van der Waals surface area (Å²) in [7, 11) is 0. The van der Waals surface area contributed by atoms with E-state index in [1.165, 1.54) is 0 Å². The van der Waals surface area contributed by atoms with Gasteiger partial charge < -0.3 is 9.64 Å². The van der Waals surface area contributed by atoms with Crippen LogP contribution in [0.25, 0.3) is 0 Å². The van der Waals surface area contributed by atoms with Crippen LogP contribution in [-0.4, -0.2) is 30.1 Å². The number of ether oxygens (including phenoxy) is 1. The Hall–Kier alpha value is -1.32. The highest BCUT2D eigenvalue weighted by Crippen LogP contribution is 2.18. The van der Waals surface area contributed by atoms with Crippen LogP contribution in [0.4, 0.5) is 0 Å². The van der Waals surface area contributed by atoms with Crippen molar-refractivity contribution in [2.45, 2.75) is 39.3 Å². The Morgan fingerprint density at radius 2 is 2.27 bits per heavy atom. The van der Waals surface area contributed by atoms with Crippen molar-refractivity contribution in [3.05, 3.63) is 11.6 Å². The number of hydrogen-bond acceptors (Lipinski definition) is 3. The lowest BCUT2D eigenvalue weighted by Gasteiger charge is -2.22. The lowest BCUT2D eigenvalue weighted by atomic mass is 10.2. The molecule has 84 valence electrons. The number of hydrogen-bond donors (Lipinski definition) is 0. The Kier molecular flexibility index (Phi) is 4.34. The molecule has 1 rings (SSSR count). The molecule has 0 bridgehead atoms. The number of likely N-dealkylation sites (tertiary alicyclic amines) is 1. The monoisotopic (exact) mass is 211 g/mol. The van der Waals surface area contributed by atoms with Gasteiger partial charge in [0.05, 0.1) is 0 Å². The SMILES string of the molecule is CC(C)=CCC(=O)N1CCCC1OC=O. The summed E-state index contributed by atoms with van der Waals surface area (Å²) >= 11 is 0. The van der Waals surface area contributed by atoms with Gasteiger partial charge >= 0.3 is 0 Å². The zero-order valence-corrected chi connectivity index (χ0v) is 9.23. The van der Waals surface area contributed by atoms with Gasteiger partial charge in [-0.2, -0.15) is 0 Å². The second-order valence-corrected chi connectivity index (χ2v) is 3.90. The van der Waals surface area contributed by atoms with E-state index in [2.05, 4.69) is 0 Å². The number of allylic oxidation sites excluding steroid dienone is 1. The van der Waals surface area contributed by atoms with E-state index >= 15 is 0 Å². The Morgan fingerprint density at radius 3 is 2.87 bits per heavy atom. The summed E-state index contributed by atoms with van der Waals surface area (Å²) in [6, 6.07) is 0. The van der Waals surface area contributed by atoms with Gasteiger partial charge in [-0.3, -0.25) is 9.59 Å². The Labute approximate surface area is 89.9 Å². The number of carbonyl (C=O) groups is 2. The van der Waals surface area contributed by atoms with Crippen LogP contribution in [-0.2, 0) is 14.3 Å². The second-order valence-electron chi connectivity index (χ2n) is 3.90. The molecule has 1 aliphatic heterocycles. The minimum atomic E-state index is -0.347. The number of amides is 1. The highest BCUT2D eigenvalue weighted by atomic mass is 16.5. The molecule has 15 heavy (non-hydrogen) atoms. The van der Waals surface area contributed by atoms with E-state index in [1.807, 2.05) is 19.9 Å². The van der Waals surface area contributed by atoms with Crippen molar-refractivity contribution >= 4 is 12.4 Å². The molecule has 0 spiro atoms. The maximum Gasteiger partial charge on any atom is 0.295 e. The van der Waals surface area contributed by atoms with E-state index in [-0.39, 0.29) is 12.1 Å². The smallest absolute Gasteiger partial charge is 0.295 e. The molecule has 1 heterocycles. The van der Waals surface area contributed by atoms with Crippen molar-refractivity contribution in [2.24, 2.45) is 0 Å². The minimum Gasteiger partial charge on any atom is -0.444 e. The number of nitrogens with zero attached hydrogens (tertiary/aromatic N) is 1. The summed E-state index contributed by atoms with van der Waals surface area (Å²) in [4.78, 5) is 23.6. The van der Waals surface area contributed by atoms with Gasteiger partial charge in [0.25, 0.3) is 6.47 Å². The first-order valence-electron chi connectivity index (χ1n) is 5.17. The van der Waals surface area contributed by atoms with Crippen LogP contribution in [0, 0.1) is 0 Å². The largest absolute Gasteiger partial charge is 0.444 e. The molecule has 1 fully saturated rings. The molecule has 0 N–H and O–H groups in total. The average Bonchev–Trinajstić information content (AvgIpc) is 2.63. The predicted octanol–water partition coefficient (Wildman–Crippen LogP) is 1.46. The molecule has 0 aromatic rings. The molecule has 0 aromatic heterocycles. The normalized spacial score (nSPS) is 19.9. The number of carbonyl (C=O) groups excluding carboxylic acids is 2. The molecule has 1 atom stereocenters. The van der Waals surface area contributed by atoms with Crippen LogP contribution in [0.15, 0.2) is 11.6 Å². The predicted molar refractivity (Wildman–Crippen MR) is 55.9 cm³/mol. The van der Waals surface area contributed by atoms with Crippen LogP contribution >= 0.6 is 0 Å². The van der Waals surface area contributed by atoms with E-state index in [9.17, 15) is 9.59 Å². The van der Waals surface area contributed by atoms with E-state index < -0.39 is 0 Å². The van der Waals surface area contributed by atoms with Gasteiger partial charge in [0.15, 0.2) is 6.23 Å². The minimum absolute atomic E-state index is 0.0283. The molecule has 4 nitrogen and oxygen atoms in total. The van der Waals surface area contributed by atoms with Gasteiger partial charge in [-0.1, -0.05) is 11.6 Å². The highest BCUT2D eigenvalue weighted by Gasteiger charge is 2.28. The molecule has 1 unspecified atom stereocenters. The summed E-state index contributed by atoms with van der Waals surface area (Å²) in [6.45, 7) is 5.01. The summed E-state index contributed by atoms with van der Waals surface area (Å²) in [5, 5.41) is 0. The van der Waals surface area contributed by atoms with Gasteiger partial charge in [-0.15, -0.1) is 0 Å². The van der Waals surface area contributed by atoms with Crippen LogP contribution in [0.1, 0.15) is 33.1 Å². The van der Waals surface area contributed by atoms with E-state index in [1.54, 1.807) is 4.90 Å². The second kappa shape index (κ2) is 5.53. The van der Waals surface area contributed by atoms with E-state index in [0.717, 1.165) is 18.4 Å². The first-order chi connectivity index (χ1) is 7.15. The van der Waals surface area contributed by atoms with Crippen LogP contribution < -0.4 is 0 Å². The van der Waals surface area contributed by atoms with Gasteiger partial charge in [-0.25, -0.2) is 0 Å². The lowest BCUT2D eigenvalue weighted by Crippen LogP contribution is -2.36. The molecule has 1 saturated heterocycles. The van der Waals surface area contributed by atoms with Crippen molar-refractivity contribution in [3.8, 4) is 0 Å². The fraction of sp³-hybridized carbons (Fsp3) is 0.636. The van der Waals surface area contributed by atoms with Gasteiger partial charge in [-0.05, 0) is 20.3 Å².